The van der Waals surface area contributed by atoms with Crippen LogP contribution in [0.15, 0.2) is 39.9 Å². The van der Waals surface area contributed by atoms with Crippen molar-refractivity contribution >= 4 is 11.0 Å². The van der Waals surface area contributed by atoms with E-state index in [-0.39, 0.29) is 22.7 Å². The lowest BCUT2D eigenvalue weighted by Gasteiger charge is -2.33. The fourth-order valence-electron chi connectivity index (χ4n) is 4.45. The molecule has 11 nitrogen and oxygen atoms in total. The molecule has 2 saturated heterocycles. The smallest absolute Gasteiger partial charge is 0.357 e. The molecule has 0 amide bonds. The van der Waals surface area contributed by atoms with E-state index in [2.05, 4.69) is 9.88 Å². The molecule has 2 aliphatic rings. The fourth-order valence-corrected chi connectivity index (χ4v) is 4.45. The first-order valence-corrected chi connectivity index (χ1v) is 11.4. The molecule has 2 unspecified atom stereocenters. The van der Waals surface area contributed by atoms with Crippen LogP contribution in [0.2, 0.25) is 0 Å². The number of aryl methyl sites for hydroxylation is 1. The molecule has 0 saturated carbocycles. The molecule has 3 aromatic rings. The Kier molecular flexibility index (Phi) is 5.96. The highest BCUT2D eigenvalue weighted by atomic mass is 16.7. The fraction of sp³-hybridized carbons (Fsp3) is 0.478. The third-order valence-electron chi connectivity index (χ3n) is 6.54. The lowest BCUT2D eigenvalue weighted by atomic mass is 10.1. The van der Waals surface area contributed by atoms with E-state index >= 15 is 0 Å². The summed E-state index contributed by atoms with van der Waals surface area (Å²) in [6, 6.07) is 3.65. The molecule has 34 heavy (non-hydrogen) atoms. The molecular formula is C23H28N5O6+. The topological polar surface area (TPSA) is 113 Å². The van der Waals surface area contributed by atoms with Crippen LogP contribution in [-0.2, 0) is 18.3 Å². The van der Waals surface area contributed by atoms with Crippen LogP contribution < -0.4 is 10.3 Å². The van der Waals surface area contributed by atoms with Crippen LogP contribution in [-0.4, -0.2) is 74.7 Å². The van der Waals surface area contributed by atoms with Gasteiger partial charge >= 0.3 is 5.03 Å². The van der Waals surface area contributed by atoms with E-state index in [9.17, 15) is 14.9 Å². The zero-order valence-electron chi connectivity index (χ0n) is 19.2. The monoisotopic (exact) mass is 470 g/mol. The summed E-state index contributed by atoms with van der Waals surface area (Å²) in [5, 5.41) is 10.9. The minimum atomic E-state index is -0.145. The van der Waals surface area contributed by atoms with Crippen molar-refractivity contribution in [3.05, 3.63) is 51.7 Å². The van der Waals surface area contributed by atoms with Crippen LogP contribution in [0.5, 0.6) is 5.75 Å². The normalized spacial score (nSPS) is 20.9. The highest BCUT2D eigenvalue weighted by molar-refractivity contribution is 5.93. The van der Waals surface area contributed by atoms with Gasteiger partial charge in [-0.2, -0.15) is 0 Å². The van der Waals surface area contributed by atoms with Crippen LogP contribution in [0, 0.1) is 4.91 Å². The summed E-state index contributed by atoms with van der Waals surface area (Å²) in [5.74, 6) is 1.26. The molecule has 0 radical (unpaired) electrons. The number of nitrogens with zero attached hydrogens (tertiary/aromatic N) is 5. The molecule has 2 aliphatic heterocycles. The van der Waals surface area contributed by atoms with Gasteiger partial charge in [-0.15, -0.1) is 0 Å². The van der Waals surface area contributed by atoms with E-state index in [1.807, 2.05) is 13.0 Å². The van der Waals surface area contributed by atoms with Crippen molar-refractivity contribution < 1.29 is 24.1 Å². The number of rotatable bonds is 7. The summed E-state index contributed by atoms with van der Waals surface area (Å²) in [7, 11) is 1.72. The first-order chi connectivity index (χ1) is 16.4. The molecule has 180 valence electrons. The SMILES string of the molecule is CC1CN([N+](=O)O)CCN1Cc1cc2c(=O)n(C)cc(-c3ccncc3OCC3CCO3)c2o1. The molecule has 0 aliphatic carbocycles. The van der Waals surface area contributed by atoms with Gasteiger partial charge in [-0.3, -0.25) is 14.7 Å². The van der Waals surface area contributed by atoms with Crippen molar-refractivity contribution in [3.63, 3.8) is 0 Å². The van der Waals surface area contributed by atoms with Crippen molar-refractivity contribution in [3.8, 4) is 16.9 Å². The van der Waals surface area contributed by atoms with Gasteiger partial charge in [0.05, 0.1) is 37.3 Å². The Bertz CT molecular complexity index is 1270. The van der Waals surface area contributed by atoms with Crippen molar-refractivity contribution in [2.24, 2.45) is 7.05 Å². The largest absolute Gasteiger partial charge is 0.489 e. The summed E-state index contributed by atoms with van der Waals surface area (Å²) in [6.45, 7) is 5.04. The van der Waals surface area contributed by atoms with E-state index in [1.165, 1.54) is 5.01 Å². The molecule has 0 bridgehead atoms. The highest BCUT2D eigenvalue weighted by Gasteiger charge is 2.32. The summed E-state index contributed by atoms with van der Waals surface area (Å²) < 4.78 is 19.2. The maximum absolute atomic E-state index is 12.9. The zero-order valence-corrected chi connectivity index (χ0v) is 19.2. The highest BCUT2D eigenvalue weighted by Crippen LogP contribution is 2.35. The molecule has 11 heteroatoms. The Labute approximate surface area is 195 Å². The van der Waals surface area contributed by atoms with Crippen molar-refractivity contribution in [1.82, 2.24) is 19.5 Å². The van der Waals surface area contributed by atoms with Crippen LogP contribution >= 0.6 is 0 Å². The number of hydrogen-bond donors (Lipinski definition) is 1. The van der Waals surface area contributed by atoms with Gasteiger partial charge in [0.25, 0.3) is 5.56 Å². The number of furan rings is 1. The minimum absolute atomic E-state index is 0.0155. The molecular weight excluding hydrogens is 442 g/mol. The number of fused-ring (bicyclic) bond motifs is 1. The third kappa shape index (κ3) is 4.24. The number of ether oxygens (including phenoxy) is 2. The first-order valence-electron chi connectivity index (χ1n) is 11.4. The number of aromatic nitrogens is 2. The molecule has 2 atom stereocenters. The Morgan fingerprint density at radius 2 is 2.15 bits per heavy atom. The van der Waals surface area contributed by atoms with Crippen LogP contribution in [0.25, 0.3) is 22.1 Å². The maximum atomic E-state index is 12.9. The van der Waals surface area contributed by atoms with Gasteiger partial charge in [-0.25, -0.2) is 5.21 Å². The molecule has 5 rings (SSSR count). The number of hydrazine groups is 1. The number of piperazine rings is 1. The van der Waals surface area contributed by atoms with E-state index in [1.54, 1.807) is 36.3 Å². The second-order valence-corrected chi connectivity index (χ2v) is 8.86. The van der Waals surface area contributed by atoms with E-state index in [0.717, 1.165) is 24.2 Å². The summed E-state index contributed by atoms with van der Waals surface area (Å²) >= 11 is 0. The summed E-state index contributed by atoms with van der Waals surface area (Å²) in [4.78, 5) is 30.5. The molecule has 1 N–H and O–H groups in total. The second-order valence-electron chi connectivity index (χ2n) is 8.86. The number of hydrogen-bond acceptors (Lipinski definition) is 7. The molecule has 0 spiro atoms. The van der Waals surface area contributed by atoms with Gasteiger partial charge in [0.1, 0.15) is 28.6 Å². The average molecular weight is 471 g/mol. The van der Waals surface area contributed by atoms with Gasteiger partial charge in [0.15, 0.2) is 0 Å². The van der Waals surface area contributed by atoms with E-state index < -0.39 is 0 Å². The second kappa shape index (κ2) is 9.07. The van der Waals surface area contributed by atoms with Gasteiger partial charge in [0.2, 0.25) is 0 Å². The first kappa shape index (κ1) is 22.4. The zero-order chi connectivity index (χ0) is 23.8. The molecule has 0 aromatic carbocycles. The molecule has 5 heterocycles. The minimum Gasteiger partial charge on any atom is -0.489 e. The van der Waals surface area contributed by atoms with E-state index in [4.69, 9.17) is 13.9 Å². The van der Waals surface area contributed by atoms with Crippen LogP contribution in [0.3, 0.4) is 0 Å². The summed E-state index contributed by atoms with van der Waals surface area (Å²) in [6.07, 6.45) is 6.16. The quantitative estimate of drug-likeness (QED) is 0.518. The van der Waals surface area contributed by atoms with Crippen molar-refractivity contribution in [1.29, 1.82) is 0 Å². The summed E-state index contributed by atoms with van der Waals surface area (Å²) in [5.41, 5.74) is 1.89. The Morgan fingerprint density at radius 3 is 2.85 bits per heavy atom. The predicted molar refractivity (Wildman–Crippen MR) is 121 cm³/mol. The van der Waals surface area contributed by atoms with Crippen LogP contribution in [0.4, 0.5) is 0 Å². The van der Waals surface area contributed by atoms with Gasteiger partial charge in [-0.05, 0) is 19.1 Å². The van der Waals surface area contributed by atoms with Crippen molar-refractivity contribution in [2.45, 2.75) is 32.0 Å². The Balaban J connectivity index is 1.46. The lowest BCUT2D eigenvalue weighted by molar-refractivity contribution is -0.903. The maximum Gasteiger partial charge on any atom is 0.357 e. The average Bonchev–Trinajstić information content (AvgIpc) is 3.21. The Hall–Kier alpha value is -3.44. The predicted octanol–water partition coefficient (Wildman–Crippen LogP) is 1.95. The van der Waals surface area contributed by atoms with Gasteiger partial charge in [0, 0.05) is 56.2 Å². The van der Waals surface area contributed by atoms with Gasteiger partial charge < -0.3 is 18.5 Å². The Morgan fingerprint density at radius 1 is 1.32 bits per heavy atom. The third-order valence-corrected chi connectivity index (χ3v) is 6.54. The van der Waals surface area contributed by atoms with Crippen molar-refractivity contribution in [2.75, 3.05) is 32.8 Å². The van der Waals surface area contributed by atoms with Gasteiger partial charge in [-0.1, -0.05) is 5.01 Å². The molecule has 3 aromatic heterocycles. The van der Waals surface area contributed by atoms with Crippen LogP contribution in [0.1, 0.15) is 19.1 Å². The molecule has 2 fully saturated rings. The lowest BCUT2D eigenvalue weighted by Crippen LogP contribution is -2.53. The number of pyridine rings is 2. The van der Waals surface area contributed by atoms with E-state index in [0.29, 0.717) is 55.3 Å². The standard InChI is InChI=1S/C23H28N5O6/c1-15-11-27(28(30)31)7-6-26(15)12-17-9-19-22(34-17)20(13-25(2)23(19)29)18-3-5-24-10-21(18)33-14-16-4-8-32-16/h3,5,9-10,13,15-16H,4,6-8,11-12,14H2,1-2H3,(H,30,31)/q+1.